The van der Waals surface area contributed by atoms with Crippen molar-refractivity contribution in [1.29, 1.82) is 0 Å². The quantitative estimate of drug-likeness (QED) is 0.413. The van der Waals surface area contributed by atoms with Gasteiger partial charge in [0.25, 0.3) is 0 Å². The van der Waals surface area contributed by atoms with E-state index < -0.39 is 16.4 Å². The third kappa shape index (κ3) is 5.23. The van der Waals surface area contributed by atoms with Gasteiger partial charge in [0.05, 0.1) is 18.5 Å². The van der Waals surface area contributed by atoms with Gasteiger partial charge in [-0.3, -0.25) is 4.57 Å². The van der Waals surface area contributed by atoms with Gasteiger partial charge in [0.15, 0.2) is 0 Å². The highest BCUT2D eigenvalue weighted by Gasteiger charge is 2.43. The van der Waals surface area contributed by atoms with Gasteiger partial charge in [-0.05, 0) is 46.8 Å². The molecule has 6 nitrogen and oxygen atoms in total. The van der Waals surface area contributed by atoms with E-state index in [1.54, 1.807) is 26.0 Å². The average Bonchev–Trinajstić information content (AvgIpc) is 2.56. The van der Waals surface area contributed by atoms with E-state index in [-0.39, 0.29) is 0 Å². The molecule has 138 valence electrons. The van der Waals surface area contributed by atoms with Crippen molar-refractivity contribution in [3.05, 3.63) is 24.3 Å². The number of rotatable bonds is 12. The maximum absolute atomic E-state index is 12.8. The zero-order chi connectivity index (χ0) is 18.1. The van der Waals surface area contributed by atoms with Gasteiger partial charge in [0.2, 0.25) is 0 Å². The molecule has 1 rings (SSSR count). The Morgan fingerprint density at radius 3 is 1.50 bits per heavy atom. The van der Waals surface area contributed by atoms with Crippen LogP contribution >= 0.6 is 7.60 Å². The van der Waals surface area contributed by atoms with Crippen LogP contribution in [0.5, 0.6) is 0 Å². The van der Waals surface area contributed by atoms with Crippen molar-refractivity contribution in [1.82, 2.24) is 0 Å². The molecule has 0 aliphatic rings. The average molecular weight is 376 g/mol. The first-order valence-corrected chi connectivity index (χ1v) is 11.7. The molecule has 0 saturated carbocycles. The summed E-state index contributed by atoms with van der Waals surface area (Å²) in [5, 5.41) is 1.35. The van der Waals surface area contributed by atoms with Crippen LogP contribution in [-0.2, 0) is 26.9 Å². The van der Waals surface area contributed by atoms with Gasteiger partial charge >= 0.3 is 16.4 Å². The summed E-state index contributed by atoms with van der Waals surface area (Å²) in [5.41, 5.74) is 0. The summed E-state index contributed by atoms with van der Waals surface area (Å²) in [4.78, 5) is 0. The molecule has 0 fully saturated rings. The fourth-order valence-corrected chi connectivity index (χ4v) is 6.35. The van der Waals surface area contributed by atoms with Gasteiger partial charge in [-0.2, -0.15) is 0 Å². The standard InChI is InChI=1S/C16H29O6PSi/c1-6-18-23(17,19-7-2)15-11-13-16(14-12-15)24(20-8-3,21-9-4)22-10-5/h11-14H,6-10H2,1-5H3. The molecule has 1 aromatic rings. The highest BCUT2D eigenvalue weighted by molar-refractivity contribution is 7.62. The first kappa shape index (κ1) is 21.5. The van der Waals surface area contributed by atoms with Crippen LogP contribution in [0.25, 0.3) is 0 Å². The summed E-state index contributed by atoms with van der Waals surface area (Å²) in [6, 6.07) is 7.13. The Kier molecular flexibility index (Phi) is 9.37. The second kappa shape index (κ2) is 10.5. The Balaban J connectivity index is 3.19. The molecule has 24 heavy (non-hydrogen) atoms. The van der Waals surface area contributed by atoms with Gasteiger partial charge < -0.3 is 22.3 Å². The van der Waals surface area contributed by atoms with Crippen LogP contribution < -0.4 is 10.5 Å². The monoisotopic (exact) mass is 376 g/mol. The van der Waals surface area contributed by atoms with Crippen LogP contribution in [0.3, 0.4) is 0 Å². The Morgan fingerprint density at radius 1 is 0.750 bits per heavy atom. The molecule has 0 amide bonds. The van der Waals surface area contributed by atoms with Crippen molar-refractivity contribution in [3.63, 3.8) is 0 Å². The summed E-state index contributed by atoms with van der Waals surface area (Å²) in [6.07, 6.45) is 0. The second-order valence-corrected chi connectivity index (χ2v) is 9.32. The van der Waals surface area contributed by atoms with Crippen LogP contribution in [0, 0.1) is 0 Å². The van der Waals surface area contributed by atoms with Crippen molar-refractivity contribution < 1.29 is 26.9 Å². The van der Waals surface area contributed by atoms with E-state index in [2.05, 4.69) is 0 Å². The Hall–Kier alpha value is -0.533. The van der Waals surface area contributed by atoms with Crippen molar-refractivity contribution >= 4 is 26.9 Å². The normalized spacial score (nSPS) is 12.5. The predicted molar refractivity (Wildman–Crippen MR) is 97.2 cm³/mol. The lowest BCUT2D eigenvalue weighted by atomic mass is 10.4. The van der Waals surface area contributed by atoms with Crippen LogP contribution in [0.1, 0.15) is 34.6 Å². The summed E-state index contributed by atoms with van der Waals surface area (Å²) >= 11 is 0. The van der Waals surface area contributed by atoms with E-state index in [0.29, 0.717) is 38.3 Å². The molecular weight excluding hydrogens is 347 g/mol. The highest BCUT2D eigenvalue weighted by atomic mass is 31.2. The predicted octanol–water partition coefficient (Wildman–Crippen LogP) is 2.83. The van der Waals surface area contributed by atoms with E-state index in [9.17, 15) is 4.57 Å². The molecule has 0 saturated heterocycles. The Bertz CT molecular complexity index is 495. The van der Waals surface area contributed by atoms with Crippen LogP contribution in [0.4, 0.5) is 0 Å². The van der Waals surface area contributed by atoms with E-state index in [1.807, 2.05) is 32.9 Å². The SMILES string of the molecule is CCO[Si](OCC)(OCC)c1ccc(P(=O)(OCC)OCC)cc1. The lowest BCUT2D eigenvalue weighted by molar-refractivity contribution is 0.0859. The molecule has 1 aromatic carbocycles. The van der Waals surface area contributed by atoms with E-state index in [0.717, 1.165) is 5.19 Å². The molecule has 0 aromatic heterocycles. The minimum absolute atomic E-state index is 0.314. The maximum atomic E-state index is 12.8. The molecule has 0 unspecified atom stereocenters. The molecule has 0 atom stereocenters. The molecule has 0 aliphatic carbocycles. The fourth-order valence-electron chi connectivity index (χ4n) is 2.32. The van der Waals surface area contributed by atoms with E-state index in [4.69, 9.17) is 22.3 Å². The van der Waals surface area contributed by atoms with Crippen LogP contribution in [0.15, 0.2) is 24.3 Å². The minimum atomic E-state index is -3.30. The van der Waals surface area contributed by atoms with Crippen molar-refractivity contribution in [2.45, 2.75) is 34.6 Å². The van der Waals surface area contributed by atoms with Gasteiger partial charge in [-0.25, -0.2) is 0 Å². The first-order chi connectivity index (χ1) is 11.5. The van der Waals surface area contributed by atoms with E-state index in [1.165, 1.54) is 0 Å². The molecule has 0 spiro atoms. The van der Waals surface area contributed by atoms with Gasteiger partial charge in [-0.1, -0.05) is 12.1 Å². The third-order valence-electron chi connectivity index (χ3n) is 3.14. The largest absolute Gasteiger partial charge is 0.537 e. The van der Waals surface area contributed by atoms with E-state index >= 15 is 0 Å². The van der Waals surface area contributed by atoms with Crippen molar-refractivity contribution in [2.24, 2.45) is 0 Å². The first-order valence-electron chi connectivity index (χ1n) is 8.43. The van der Waals surface area contributed by atoms with Crippen molar-refractivity contribution in [3.8, 4) is 0 Å². The Labute approximate surface area is 146 Å². The summed E-state index contributed by atoms with van der Waals surface area (Å²) in [6.45, 7) is 11.4. The second-order valence-electron chi connectivity index (χ2n) is 4.74. The molecule has 0 heterocycles. The molecule has 0 bridgehead atoms. The lowest BCUT2D eigenvalue weighted by Crippen LogP contribution is -2.57. The summed E-state index contributed by atoms with van der Waals surface area (Å²) in [7, 11) is -6.26. The van der Waals surface area contributed by atoms with Crippen LogP contribution in [-0.4, -0.2) is 41.8 Å². The Morgan fingerprint density at radius 2 is 1.17 bits per heavy atom. The topological polar surface area (TPSA) is 63.2 Å². The van der Waals surface area contributed by atoms with Gasteiger partial charge in [0, 0.05) is 25.0 Å². The highest BCUT2D eigenvalue weighted by Crippen LogP contribution is 2.46. The molecule has 8 heteroatoms. The third-order valence-corrected chi connectivity index (χ3v) is 8.31. The lowest BCUT2D eigenvalue weighted by Gasteiger charge is -2.29. The van der Waals surface area contributed by atoms with Crippen LogP contribution in [0.2, 0.25) is 0 Å². The number of benzene rings is 1. The zero-order valence-corrected chi connectivity index (χ0v) is 17.1. The minimum Gasteiger partial charge on any atom is -0.370 e. The number of hydrogen-bond acceptors (Lipinski definition) is 6. The molecular formula is C16H29O6PSi. The fraction of sp³-hybridized carbons (Fsp3) is 0.625. The van der Waals surface area contributed by atoms with Gasteiger partial charge in [0.1, 0.15) is 0 Å². The zero-order valence-electron chi connectivity index (χ0n) is 15.2. The molecule has 0 aliphatic heterocycles. The summed E-state index contributed by atoms with van der Waals surface area (Å²) < 4.78 is 41.2. The maximum Gasteiger partial charge on any atom is 0.537 e. The number of hydrogen-bond donors (Lipinski definition) is 0. The van der Waals surface area contributed by atoms with Crippen molar-refractivity contribution in [2.75, 3.05) is 33.0 Å². The smallest absolute Gasteiger partial charge is 0.370 e. The summed E-state index contributed by atoms with van der Waals surface area (Å²) in [5.74, 6) is 0. The molecule has 0 radical (unpaired) electrons. The van der Waals surface area contributed by atoms with Gasteiger partial charge in [-0.15, -0.1) is 0 Å². The molecule has 0 N–H and O–H groups in total.